The normalized spacial score (nSPS) is 23.9. The molecule has 2 aliphatic rings. The highest BCUT2D eigenvalue weighted by Crippen LogP contribution is 2.42. The number of rotatable bonds is 11. The lowest BCUT2D eigenvalue weighted by atomic mass is 9.70. The molecule has 2 aromatic rings. The van der Waals surface area contributed by atoms with Gasteiger partial charge in [-0.3, -0.25) is 4.79 Å². The Bertz CT molecular complexity index is 954. The third kappa shape index (κ3) is 6.50. The number of carbonyl (C=O) groups excluding carboxylic acids is 1. The van der Waals surface area contributed by atoms with Gasteiger partial charge in [-0.25, -0.2) is 0 Å². The zero-order valence-electron chi connectivity index (χ0n) is 21.1. The quantitative estimate of drug-likeness (QED) is 0.322. The molecular weight excluding hydrogens is 420 g/mol. The van der Waals surface area contributed by atoms with E-state index in [1.54, 1.807) is 7.11 Å². The van der Waals surface area contributed by atoms with Crippen LogP contribution in [-0.2, 0) is 20.7 Å². The third-order valence-corrected chi connectivity index (χ3v) is 8.31. The van der Waals surface area contributed by atoms with Crippen molar-refractivity contribution in [2.24, 2.45) is 23.7 Å². The van der Waals surface area contributed by atoms with Gasteiger partial charge >= 0.3 is 0 Å². The van der Waals surface area contributed by atoms with Crippen molar-refractivity contribution in [3.63, 3.8) is 0 Å². The maximum absolute atomic E-state index is 10.6. The highest BCUT2D eigenvalue weighted by atomic mass is 16.5. The van der Waals surface area contributed by atoms with Gasteiger partial charge in [0.1, 0.15) is 0 Å². The second kappa shape index (κ2) is 12.5. The van der Waals surface area contributed by atoms with Crippen LogP contribution in [0.25, 0.3) is 16.3 Å². The highest BCUT2D eigenvalue weighted by molar-refractivity contribution is 5.87. The second-order valence-electron chi connectivity index (χ2n) is 10.7. The minimum Gasteiger partial charge on any atom is -0.467 e. The van der Waals surface area contributed by atoms with Gasteiger partial charge in [-0.1, -0.05) is 69.0 Å². The van der Waals surface area contributed by atoms with Crippen LogP contribution >= 0.6 is 0 Å². The Labute approximate surface area is 205 Å². The predicted molar refractivity (Wildman–Crippen MR) is 141 cm³/mol. The van der Waals surface area contributed by atoms with Gasteiger partial charge in [0.2, 0.25) is 0 Å². The summed E-state index contributed by atoms with van der Waals surface area (Å²) in [4.78, 5) is 10.6. The molecule has 0 aliphatic heterocycles. The molecule has 0 heterocycles. The molecule has 1 saturated carbocycles. The van der Waals surface area contributed by atoms with Gasteiger partial charge in [0.15, 0.2) is 0 Å². The van der Waals surface area contributed by atoms with Crippen LogP contribution in [0.3, 0.4) is 0 Å². The third-order valence-electron chi connectivity index (χ3n) is 8.31. The second-order valence-corrected chi connectivity index (χ2v) is 10.7. The number of hydrogen-bond donors (Lipinski definition) is 0. The Morgan fingerprint density at radius 2 is 1.76 bits per heavy atom. The van der Waals surface area contributed by atoms with Gasteiger partial charge in [-0.05, 0) is 89.8 Å². The first kappa shape index (κ1) is 25.0. The van der Waals surface area contributed by atoms with Crippen molar-refractivity contribution in [2.75, 3.05) is 20.3 Å². The van der Waals surface area contributed by atoms with Crippen LogP contribution in [0.2, 0.25) is 0 Å². The summed E-state index contributed by atoms with van der Waals surface area (Å²) in [5.41, 5.74) is 4.18. The molecule has 3 heteroatoms. The predicted octanol–water partition coefficient (Wildman–Crippen LogP) is 7.61. The summed E-state index contributed by atoms with van der Waals surface area (Å²) in [6.07, 6.45) is 15.9. The lowest BCUT2D eigenvalue weighted by Crippen LogP contribution is -2.23. The number of methoxy groups -OCH3 is 1. The Morgan fingerprint density at radius 3 is 2.47 bits per heavy atom. The van der Waals surface area contributed by atoms with Crippen molar-refractivity contribution >= 4 is 22.8 Å². The van der Waals surface area contributed by atoms with Gasteiger partial charge < -0.3 is 9.47 Å². The van der Waals surface area contributed by atoms with E-state index in [1.807, 2.05) is 0 Å². The molecule has 0 radical (unpaired) electrons. The summed E-state index contributed by atoms with van der Waals surface area (Å²) in [7, 11) is 1.69. The summed E-state index contributed by atoms with van der Waals surface area (Å²) in [5.74, 6) is 3.04. The molecule has 4 rings (SSSR count). The summed E-state index contributed by atoms with van der Waals surface area (Å²) in [5, 5.41) is 2.57. The van der Waals surface area contributed by atoms with Crippen LogP contribution in [-0.4, -0.2) is 26.8 Å². The molecule has 2 aliphatic carbocycles. The zero-order valence-corrected chi connectivity index (χ0v) is 21.1. The SMILES string of the molecule is CCCC1CCC(C2CC=C(c3ccc4cc(CC(COC)COC=O)ccc4c3)CC2)CC1. The molecule has 0 N–H and O–H groups in total. The van der Waals surface area contributed by atoms with Crippen molar-refractivity contribution in [1.82, 2.24) is 0 Å². The zero-order chi connectivity index (χ0) is 23.8. The van der Waals surface area contributed by atoms with Gasteiger partial charge in [-0.15, -0.1) is 0 Å². The minimum atomic E-state index is 0.175. The van der Waals surface area contributed by atoms with Crippen LogP contribution in [0.1, 0.15) is 75.8 Å². The van der Waals surface area contributed by atoms with E-state index in [2.05, 4.69) is 49.4 Å². The van der Waals surface area contributed by atoms with Gasteiger partial charge in [-0.2, -0.15) is 0 Å². The van der Waals surface area contributed by atoms with E-state index in [4.69, 9.17) is 9.47 Å². The Morgan fingerprint density at radius 1 is 0.971 bits per heavy atom. The molecule has 0 amide bonds. The molecule has 1 fully saturated rings. The van der Waals surface area contributed by atoms with Gasteiger partial charge in [0.05, 0.1) is 13.2 Å². The summed E-state index contributed by atoms with van der Waals surface area (Å²) < 4.78 is 10.3. The number of carbonyl (C=O) groups is 1. The van der Waals surface area contributed by atoms with Crippen LogP contribution in [0.4, 0.5) is 0 Å². The largest absolute Gasteiger partial charge is 0.467 e. The van der Waals surface area contributed by atoms with E-state index >= 15 is 0 Å². The lowest BCUT2D eigenvalue weighted by molar-refractivity contribution is -0.130. The number of fused-ring (bicyclic) bond motifs is 1. The van der Waals surface area contributed by atoms with E-state index < -0.39 is 0 Å². The topological polar surface area (TPSA) is 35.5 Å². The minimum absolute atomic E-state index is 0.175. The summed E-state index contributed by atoms with van der Waals surface area (Å²) in [6, 6.07) is 13.6. The molecular formula is C31H42O3. The average Bonchev–Trinajstić information content (AvgIpc) is 2.88. The van der Waals surface area contributed by atoms with Crippen LogP contribution in [0, 0.1) is 23.7 Å². The molecule has 0 saturated heterocycles. The number of benzene rings is 2. The van der Waals surface area contributed by atoms with E-state index in [-0.39, 0.29) is 5.92 Å². The van der Waals surface area contributed by atoms with E-state index in [0.717, 1.165) is 24.2 Å². The first-order valence-electron chi connectivity index (χ1n) is 13.5. The van der Waals surface area contributed by atoms with Crippen LogP contribution in [0.5, 0.6) is 0 Å². The van der Waals surface area contributed by atoms with Crippen molar-refractivity contribution in [1.29, 1.82) is 0 Å². The number of hydrogen-bond acceptors (Lipinski definition) is 3. The highest BCUT2D eigenvalue weighted by Gasteiger charge is 2.28. The fraction of sp³-hybridized carbons (Fsp3) is 0.581. The Balaban J connectivity index is 1.37. The lowest BCUT2D eigenvalue weighted by Gasteiger charge is -2.35. The molecule has 0 bridgehead atoms. The maximum atomic E-state index is 10.6. The van der Waals surface area contributed by atoms with Gasteiger partial charge in [0, 0.05) is 13.0 Å². The molecule has 2 atom stereocenters. The standard InChI is InChI=1S/C31H42O3/c1-3-4-23-5-8-26(9-6-23)27-11-13-28(14-12-27)30-16-15-29-18-24(7-10-31(29)19-30)17-25(20-33-2)21-34-22-32/h7,10,13,15-16,18-19,22-23,25-27H,3-6,8-9,11-12,14,17,20-21H2,1-2H3. The monoisotopic (exact) mass is 462 g/mol. The van der Waals surface area contributed by atoms with E-state index in [9.17, 15) is 4.79 Å². The average molecular weight is 463 g/mol. The van der Waals surface area contributed by atoms with Crippen molar-refractivity contribution in [3.05, 3.63) is 53.6 Å². The van der Waals surface area contributed by atoms with E-state index in [0.29, 0.717) is 19.7 Å². The van der Waals surface area contributed by atoms with Crippen molar-refractivity contribution in [3.8, 4) is 0 Å². The smallest absolute Gasteiger partial charge is 0.293 e. The summed E-state index contributed by atoms with van der Waals surface area (Å²) >= 11 is 0. The number of ether oxygens (including phenoxy) is 2. The Kier molecular flexibility index (Phi) is 9.21. The fourth-order valence-corrected chi connectivity index (χ4v) is 6.43. The fourth-order valence-electron chi connectivity index (χ4n) is 6.43. The molecule has 34 heavy (non-hydrogen) atoms. The van der Waals surface area contributed by atoms with Gasteiger partial charge in [0.25, 0.3) is 6.47 Å². The molecule has 3 nitrogen and oxygen atoms in total. The Hall–Kier alpha value is -2.13. The molecule has 2 aromatic carbocycles. The van der Waals surface area contributed by atoms with Crippen LogP contribution < -0.4 is 0 Å². The number of allylic oxidation sites excluding steroid dienone is 2. The van der Waals surface area contributed by atoms with E-state index in [1.165, 1.54) is 85.3 Å². The van der Waals surface area contributed by atoms with Crippen molar-refractivity contribution in [2.45, 2.75) is 71.1 Å². The molecule has 184 valence electrons. The first-order chi connectivity index (χ1) is 16.7. The molecule has 0 spiro atoms. The molecule has 0 aromatic heterocycles. The molecule has 2 unspecified atom stereocenters. The van der Waals surface area contributed by atoms with Crippen LogP contribution in [0.15, 0.2) is 42.5 Å². The maximum Gasteiger partial charge on any atom is 0.293 e. The summed E-state index contributed by atoms with van der Waals surface area (Å²) in [6.45, 7) is 3.82. The van der Waals surface area contributed by atoms with Crippen molar-refractivity contribution < 1.29 is 14.3 Å². The first-order valence-corrected chi connectivity index (χ1v) is 13.5.